The van der Waals surface area contributed by atoms with Gasteiger partial charge in [-0.05, 0) is 52.3 Å². The van der Waals surface area contributed by atoms with Gasteiger partial charge in [0.2, 0.25) is 6.79 Å². The molecule has 0 aromatic heterocycles. The number of fused-ring (bicyclic) bond motifs is 1. The molecule has 0 radical (unpaired) electrons. The summed E-state index contributed by atoms with van der Waals surface area (Å²) in [5.41, 5.74) is 3.79. The van der Waals surface area contributed by atoms with Crippen LogP contribution in [0.5, 0.6) is 11.5 Å². The molecule has 0 saturated carbocycles. The normalized spacial score (nSPS) is 12.6. The maximum atomic E-state index is 11.9. The quantitative estimate of drug-likeness (QED) is 0.602. The van der Waals surface area contributed by atoms with Gasteiger partial charge < -0.3 is 9.47 Å². The minimum atomic E-state index is -0.277. The zero-order valence-corrected chi connectivity index (χ0v) is 14.3. The molecule has 1 aliphatic heterocycles. The van der Waals surface area contributed by atoms with E-state index in [1.54, 1.807) is 42.6 Å². The van der Waals surface area contributed by atoms with Crippen LogP contribution in [0.2, 0.25) is 0 Å². The highest BCUT2D eigenvalue weighted by Gasteiger charge is 2.15. The van der Waals surface area contributed by atoms with Crippen LogP contribution in [-0.2, 0) is 0 Å². The molecule has 0 atom stereocenters. The number of amides is 1. The summed E-state index contributed by atoms with van der Waals surface area (Å²) in [7, 11) is 0. The van der Waals surface area contributed by atoms with E-state index in [-0.39, 0.29) is 12.7 Å². The molecule has 0 unspecified atom stereocenters. The molecule has 0 bridgehead atoms. The Hall–Kier alpha value is -1.86. The summed E-state index contributed by atoms with van der Waals surface area (Å²) in [6, 6.07) is 10.6. The highest BCUT2D eigenvalue weighted by atomic mass is 79.9. The van der Waals surface area contributed by atoms with E-state index in [0.717, 1.165) is 14.5 Å². The molecule has 1 amide bonds. The average Bonchev–Trinajstić information content (AvgIpc) is 2.95. The van der Waals surface area contributed by atoms with Crippen molar-refractivity contribution in [3.05, 3.63) is 56.5 Å². The second kappa shape index (κ2) is 6.50. The van der Waals surface area contributed by atoms with Gasteiger partial charge in [-0.2, -0.15) is 5.10 Å². The van der Waals surface area contributed by atoms with Gasteiger partial charge in [-0.1, -0.05) is 15.9 Å². The van der Waals surface area contributed by atoms with Crippen molar-refractivity contribution in [2.75, 3.05) is 6.79 Å². The zero-order valence-electron chi connectivity index (χ0n) is 11.2. The molecule has 2 aromatic carbocycles. The Morgan fingerprint density at radius 1 is 1.14 bits per heavy atom. The lowest BCUT2D eigenvalue weighted by Crippen LogP contribution is -2.17. The third-order valence-corrected chi connectivity index (χ3v) is 4.18. The number of ether oxygens (including phenoxy) is 2. The Labute approximate surface area is 143 Å². The number of hydrogen-bond acceptors (Lipinski definition) is 4. The molecular formula is C15H10Br2N2O3. The number of nitrogens with one attached hydrogen (secondary N) is 1. The lowest BCUT2D eigenvalue weighted by atomic mass is 10.2. The summed E-state index contributed by atoms with van der Waals surface area (Å²) in [6.07, 6.45) is 1.54. The van der Waals surface area contributed by atoms with Gasteiger partial charge in [0.15, 0.2) is 11.5 Å². The van der Waals surface area contributed by atoms with Crippen LogP contribution in [0, 0.1) is 0 Å². The number of nitrogens with zero attached hydrogens (tertiary/aromatic N) is 1. The monoisotopic (exact) mass is 424 g/mol. The minimum Gasteiger partial charge on any atom is -0.454 e. The van der Waals surface area contributed by atoms with E-state index < -0.39 is 0 Å². The topological polar surface area (TPSA) is 59.9 Å². The molecule has 1 heterocycles. The molecular weight excluding hydrogens is 416 g/mol. The van der Waals surface area contributed by atoms with Gasteiger partial charge in [0.25, 0.3) is 5.91 Å². The van der Waals surface area contributed by atoms with Gasteiger partial charge in [-0.3, -0.25) is 4.79 Å². The Balaban J connectivity index is 1.70. The molecule has 0 aliphatic carbocycles. The Morgan fingerprint density at radius 3 is 2.55 bits per heavy atom. The maximum absolute atomic E-state index is 11.9. The van der Waals surface area contributed by atoms with Gasteiger partial charge >= 0.3 is 0 Å². The SMILES string of the molecule is O=C(NN=Cc1cc2c(cc1Br)OCO2)c1ccc(Br)cc1. The number of benzene rings is 2. The zero-order chi connectivity index (χ0) is 15.5. The maximum Gasteiger partial charge on any atom is 0.271 e. The first-order chi connectivity index (χ1) is 10.6. The van der Waals surface area contributed by atoms with E-state index >= 15 is 0 Å². The number of carbonyl (C=O) groups excluding carboxylic acids is 1. The number of halogens is 2. The number of carbonyl (C=O) groups is 1. The molecule has 112 valence electrons. The number of hydrogen-bond donors (Lipinski definition) is 1. The van der Waals surface area contributed by atoms with Crippen LogP contribution in [0.4, 0.5) is 0 Å². The molecule has 1 aliphatic rings. The van der Waals surface area contributed by atoms with Gasteiger partial charge in [0.1, 0.15) is 0 Å². The molecule has 5 nitrogen and oxygen atoms in total. The van der Waals surface area contributed by atoms with E-state index in [2.05, 4.69) is 42.4 Å². The number of hydrazone groups is 1. The Morgan fingerprint density at radius 2 is 1.82 bits per heavy atom. The molecule has 22 heavy (non-hydrogen) atoms. The van der Waals surface area contributed by atoms with E-state index in [0.29, 0.717) is 17.1 Å². The highest BCUT2D eigenvalue weighted by Crippen LogP contribution is 2.36. The fraction of sp³-hybridized carbons (Fsp3) is 0.0667. The summed E-state index contributed by atoms with van der Waals surface area (Å²) in [6.45, 7) is 0.211. The molecule has 0 saturated heterocycles. The third kappa shape index (κ3) is 3.31. The van der Waals surface area contributed by atoms with Crippen LogP contribution in [0.1, 0.15) is 15.9 Å². The van der Waals surface area contributed by atoms with Crippen LogP contribution >= 0.6 is 31.9 Å². The highest BCUT2D eigenvalue weighted by molar-refractivity contribution is 9.10. The summed E-state index contributed by atoms with van der Waals surface area (Å²) >= 11 is 6.75. The first-order valence-electron chi connectivity index (χ1n) is 6.31. The standard InChI is InChI=1S/C15H10Br2N2O3/c16-11-3-1-9(2-4-11)15(20)19-18-7-10-5-13-14(6-12(10)17)22-8-21-13/h1-7H,8H2,(H,19,20). The summed E-state index contributed by atoms with van der Waals surface area (Å²) in [5, 5.41) is 3.96. The first-order valence-corrected chi connectivity index (χ1v) is 7.90. The fourth-order valence-electron chi connectivity index (χ4n) is 1.86. The minimum absolute atomic E-state index is 0.211. The van der Waals surface area contributed by atoms with Crippen LogP contribution in [0.15, 0.2) is 50.4 Å². The first kappa shape index (κ1) is 15.1. The Bertz CT molecular complexity index is 745. The van der Waals surface area contributed by atoms with Gasteiger partial charge in [-0.15, -0.1) is 0 Å². The van der Waals surface area contributed by atoms with Gasteiger partial charge in [0, 0.05) is 20.1 Å². The van der Waals surface area contributed by atoms with Crippen molar-refractivity contribution in [2.24, 2.45) is 5.10 Å². The molecule has 0 fully saturated rings. The van der Waals surface area contributed by atoms with Gasteiger partial charge in [0.05, 0.1) is 6.21 Å². The summed E-state index contributed by atoms with van der Waals surface area (Å²) in [4.78, 5) is 11.9. The van der Waals surface area contributed by atoms with Crippen molar-refractivity contribution in [1.29, 1.82) is 0 Å². The number of rotatable bonds is 3. The van der Waals surface area contributed by atoms with Gasteiger partial charge in [-0.25, -0.2) is 5.43 Å². The van der Waals surface area contributed by atoms with E-state index in [9.17, 15) is 4.79 Å². The second-order valence-corrected chi connectivity index (χ2v) is 6.20. The van der Waals surface area contributed by atoms with Crippen molar-refractivity contribution >= 4 is 44.0 Å². The molecule has 2 aromatic rings. The van der Waals surface area contributed by atoms with Crippen molar-refractivity contribution in [3.8, 4) is 11.5 Å². The van der Waals surface area contributed by atoms with Crippen molar-refractivity contribution in [2.45, 2.75) is 0 Å². The smallest absolute Gasteiger partial charge is 0.271 e. The van der Waals surface area contributed by atoms with Crippen molar-refractivity contribution in [1.82, 2.24) is 5.43 Å². The predicted octanol–water partition coefficient (Wildman–Crippen LogP) is 3.70. The molecule has 3 rings (SSSR count). The predicted molar refractivity (Wildman–Crippen MR) is 89.5 cm³/mol. The fourth-order valence-corrected chi connectivity index (χ4v) is 2.55. The van der Waals surface area contributed by atoms with Crippen molar-refractivity contribution < 1.29 is 14.3 Å². The molecule has 7 heteroatoms. The van der Waals surface area contributed by atoms with Crippen LogP contribution in [0.25, 0.3) is 0 Å². The molecule has 1 N–H and O–H groups in total. The lowest BCUT2D eigenvalue weighted by molar-refractivity contribution is 0.0955. The lowest BCUT2D eigenvalue weighted by Gasteiger charge is -2.02. The Kier molecular flexibility index (Phi) is 4.44. The van der Waals surface area contributed by atoms with Crippen LogP contribution < -0.4 is 14.9 Å². The summed E-state index contributed by atoms with van der Waals surface area (Å²) < 4.78 is 12.3. The largest absolute Gasteiger partial charge is 0.454 e. The third-order valence-electron chi connectivity index (χ3n) is 2.97. The average molecular weight is 426 g/mol. The van der Waals surface area contributed by atoms with E-state index in [1.807, 2.05) is 0 Å². The van der Waals surface area contributed by atoms with E-state index in [4.69, 9.17) is 9.47 Å². The van der Waals surface area contributed by atoms with Crippen molar-refractivity contribution in [3.63, 3.8) is 0 Å². The molecule has 0 spiro atoms. The summed E-state index contributed by atoms with van der Waals surface area (Å²) in [5.74, 6) is 1.06. The second-order valence-electron chi connectivity index (χ2n) is 4.43. The van der Waals surface area contributed by atoms with Crippen LogP contribution in [0.3, 0.4) is 0 Å². The van der Waals surface area contributed by atoms with E-state index in [1.165, 1.54) is 0 Å². The van der Waals surface area contributed by atoms with Crippen LogP contribution in [-0.4, -0.2) is 18.9 Å².